The number of unbranched alkanes of at least 4 members (excludes halogenated alkanes) is 3. The average molecular weight is 451 g/mol. The summed E-state index contributed by atoms with van der Waals surface area (Å²) in [5, 5.41) is 3.52. The van der Waals surface area contributed by atoms with Crippen molar-refractivity contribution in [1.29, 1.82) is 0 Å². The van der Waals surface area contributed by atoms with Gasteiger partial charge in [0.15, 0.2) is 5.96 Å². The highest BCUT2D eigenvalue weighted by atomic mass is 127. The first-order chi connectivity index (χ1) is 11.2. The predicted octanol–water partition coefficient (Wildman–Crippen LogP) is 3.43. The van der Waals surface area contributed by atoms with Gasteiger partial charge in [0.2, 0.25) is 0 Å². The van der Waals surface area contributed by atoms with Gasteiger partial charge in [-0.2, -0.15) is 0 Å². The first kappa shape index (κ1) is 21.5. The molecule has 2 atom stereocenters. The van der Waals surface area contributed by atoms with Gasteiger partial charge in [-0.05, 0) is 37.5 Å². The smallest absolute Gasteiger partial charge is 0.305 e. The molecule has 0 aromatic rings. The molecule has 2 unspecified atom stereocenters. The van der Waals surface area contributed by atoms with Crippen molar-refractivity contribution in [2.24, 2.45) is 16.8 Å². The lowest BCUT2D eigenvalue weighted by atomic mass is 9.82. The molecular weight excluding hydrogens is 417 g/mol. The number of carbonyl (C=O) groups is 1. The van der Waals surface area contributed by atoms with E-state index in [0.29, 0.717) is 6.42 Å². The van der Waals surface area contributed by atoms with E-state index in [2.05, 4.69) is 19.9 Å². The number of likely N-dealkylation sites (tertiary alicyclic amines) is 1. The molecule has 0 radical (unpaired) electrons. The molecule has 1 heterocycles. The maximum Gasteiger partial charge on any atom is 0.305 e. The van der Waals surface area contributed by atoms with Crippen LogP contribution >= 0.6 is 24.0 Å². The van der Waals surface area contributed by atoms with Crippen molar-refractivity contribution >= 4 is 35.9 Å². The van der Waals surface area contributed by atoms with E-state index in [1.807, 2.05) is 7.05 Å². The second kappa shape index (κ2) is 11.9. The number of nitrogens with zero attached hydrogens (tertiary/aromatic N) is 2. The highest BCUT2D eigenvalue weighted by Crippen LogP contribution is 2.35. The lowest BCUT2D eigenvalue weighted by molar-refractivity contribution is -0.140. The van der Waals surface area contributed by atoms with Crippen molar-refractivity contribution in [2.75, 3.05) is 33.8 Å². The summed E-state index contributed by atoms with van der Waals surface area (Å²) in [6.45, 7) is 3.34. The van der Waals surface area contributed by atoms with Crippen molar-refractivity contribution in [3.05, 3.63) is 0 Å². The van der Waals surface area contributed by atoms with E-state index in [-0.39, 0.29) is 29.9 Å². The Labute approximate surface area is 164 Å². The monoisotopic (exact) mass is 451 g/mol. The zero-order valence-electron chi connectivity index (χ0n) is 15.3. The second-order valence-electron chi connectivity index (χ2n) is 6.92. The standard InChI is InChI=1S/C18H33N3O2.HI/c1-19-18(20-12-8-4-3-5-11-17(22)23-2)21-13-15-9-6-7-10-16(15)14-21;/h15-16H,3-14H2,1-2H3,(H,19,20);1H. The lowest BCUT2D eigenvalue weighted by Gasteiger charge is -2.22. The summed E-state index contributed by atoms with van der Waals surface area (Å²) in [5.74, 6) is 2.76. The van der Waals surface area contributed by atoms with Gasteiger partial charge in [0.05, 0.1) is 7.11 Å². The number of nitrogens with one attached hydrogen (secondary N) is 1. The van der Waals surface area contributed by atoms with Crippen LogP contribution in [-0.4, -0.2) is 50.6 Å². The summed E-state index contributed by atoms with van der Waals surface area (Å²) in [6.07, 6.45) is 10.4. The Morgan fingerprint density at radius 1 is 1.12 bits per heavy atom. The molecule has 2 rings (SSSR count). The van der Waals surface area contributed by atoms with Crippen LogP contribution in [0.4, 0.5) is 0 Å². The molecule has 0 spiro atoms. The highest BCUT2D eigenvalue weighted by molar-refractivity contribution is 14.0. The average Bonchev–Trinajstić information content (AvgIpc) is 3.00. The largest absolute Gasteiger partial charge is 0.469 e. The van der Waals surface area contributed by atoms with Crippen LogP contribution in [-0.2, 0) is 9.53 Å². The summed E-state index contributed by atoms with van der Waals surface area (Å²) in [6, 6.07) is 0. The summed E-state index contributed by atoms with van der Waals surface area (Å²) in [7, 11) is 3.34. The number of hydrogen-bond donors (Lipinski definition) is 1. The number of methoxy groups -OCH3 is 1. The molecule has 1 N–H and O–H groups in total. The fraction of sp³-hybridized carbons (Fsp3) is 0.889. The summed E-state index contributed by atoms with van der Waals surface area (Å²) in [4.78, 5) is 17.9. The third-order valence-electron chi connectivity index (χ3n) is 5.31. The number of carbonyl (C=O) groups excluding carboxylic acids is 1. The van der Waals surface area contributed by atoms with E-state index in [0.717, 1.165) is 50.0 Å². The number of hydrogen-bond acceptors (Lipinski definition) is 3. The SMILES string of the molecule is CN=C(NCCCCCCC(=O)OC)N1CC2CCCCC2C1.I. The Morgan fingerprint density at radius 2 is 1.75 bits per heavy atom. The van der Waals surface area contributed by atoms with Crippen molar-refractivity contribution in [1.82, 2.24) is 10.2 Å². The number of guanidine groups is 1. The number of ether oxygens (including phenoxy) is 1. The van der Waals surface area contributed by atoms with Gasteiger partial charge >= 0.3 is 5.97 Å². The van der Waals surface area contributed by atoms with Gasteiger partial charge in [-0.25, -0.2) is 0 Å². The molecule has 1 aliphatic carbocycles. The Kier molecular flexibility index (Phi) is 10.7. The molecule has 1 aliphatic heterocycles. The van der Waals surface area contributed by atoms with Crippen LogP contribution in [0.25, 0.3) is 0 Å². The van der Waals surface area contributed by atoms with Crippen molar-refractivity contribution in [3.8, 4) is 0 Å². The van der Waals surface area contributed by atoms with E-state index in [1.165, 1.54) is 45.9 Å². The molecule has 0 bridgehead atoms. The Hall–Kier alpha value is -0.530. The van der Waals surface area contributed by atoms with Crippen LogP contribution in [0.1, 0.15) is 57.8 Å². The molecule has 5 nitrogen and oxygen atoms in total. The molecule has 1 saturated carbocycles. The number of aliphatic imine (C=N–C) groups is 1. The normalized spacial score (nSPS) is 23.4. The Bertz CT molecular complexity index is 390. The van der Waals surface area contributed by atoms with E-state index in [4.69, 9.17) is 0 Å². The quantitative estimate of drug-likeness (QED) is 0.212. The molecule has 24 heavy (non-hydrogen) atoms. The zero-order valence-corrected chi connectivity index (χ0v) is 17.6. The fourth-order valence-corrected chi connectivity index (χ4v) is 3.96. The Balaban J connectivity index is 0.00000288. The first-order valence-electron chi connectivity index (χ1n) is 9.27. The molecule has 0 aromatic carbocycles. The maximum absolute atomic E-state index is 11.0. The number of rotatable bonds is 7. The molecule has 1 saturated heterocycles. The van der Waals surface area contributed by atoms with Gasteiger partial charge in [0.25, 0.3) is 0 Å². The highest BCUT2D eigenvalue weighted by Gasteiger charge is 2.35. The minimum absolute atomic E-state index is 0. The van der Waals surface area contributed by atoms with Crippen molar-refractivity contribution in [2.45, 2.75) is 57.8 Å². The first-order valence-corrected chi connectivity index (χ1v) is 9.27. The fourth-order valence-electron chi connectivity index (χ4n) is 3.96. The van der Waals surface area contributed by atoms with Crippen molar-refractivity contribution in [3.63, 3.8) is 0 Å². The van der Waals surface area contributed by atoms with Gasteiger partial charge in [-0.15, -0.1) is 24.0 Å². The summed E-state index contributed by atoms with van der Waals surface area (Å²) < 4.78 is 4.65. The molecule has 0 amide bonds. The summed E-state index contributed by atoms with van der Waals surface area (Å²) in [5.41, 5.74) is 0. The predicted molar refractivity (Wildman–Crippen MR) is 109 cm³/mol. The van der Waals surface area contributed by atoms with E-state index < -0.39 is 0 Å². The molecule has 2 aliphatic rings. The molecular formula is C18H34IN3O2. The van der Waals surface area contributed by atoms with E-state index in [1.54, 1.807) is 0 Å². The zero-order chi connectivity index (χ0) is 16.5. The van der Waals surface area contributed by atoms with Crippen LogP contribution in [0.3, 0.4) is 0 Å². The van der Waals surface area contributed by atoms with Crippen LogP contribution in [0.15, 0.2) is 4.99 Å². The Morgan fingerprint density at radius 3 is 2.33 bits per heavy atom. The van der Waals surface area contributed by atoms with Gasteiger partial charge in [-0.1, -0.05) is 25.7 Å². The van der Waals surface area contributed by atoms with Crippen LogP contribution in [0.5, 0.6) is 0 Å². The second-order valence-corrected chi connectivity index (χ2v) is 6.92. The maximum atomic E-state index is 11.0. The third kappa shape index (κ3) is 6.76. The topological polar surface area (TPSA) is 53.9 Å². The van der Waals surface area contributed by atoms with Crippen LogP contribution in [0, 0.1) is 11.8 Å². The van der Waals surface area contributed by atoms with Gasteiger partial charge < -0.3 is 15.0 Å². The molecule has 0 aromatic heterocycles. The van der Waals surface area contributed by atoms with E-state index >= 15 is 0 Å². The lowest BCUT2D eigenvalue weighted by Crippen LogP contribution is -2.40. The van der Waals surface area contributed by atoms with Gasteiger partial charge in [0, 0.05) is 33.1 Å². The number of fused-ring (bicyclic) bond motifs is 1. The summed E-state index contributed by atoms with van der Waals surface area (Å²) >= 11 is 0. The minimum Gasteiger partial charge on any atom is -0.469 e. The number of halogens is 1. The van der Waals surface area contributed by atoms with Crippen LogP contribution < -0.4 is 5.32 Å². The third-order valence-corrected chi connectivity index (χ3v) is 5.31. The van der Waals surface area contributed by atoms with Crippen molar-refractivity contribution < 1.29 is 9.53 Å². The molecule has 140 valence electrons. The van der Waals surface area contributed by atoms with E-state index in [9.17, 15) is 4.79 Å². The van der Waals surface area contributed by atoms with Gasteiger partial charge in [-0.3, -0.25) is 9.79 Å². The molecule has 6 heteroatoms. The van der Waals surface area contributed by atoms with Gasteiger partial charge in [0.1, 0.15) is 0 Å². The van der Waals surface area contributed by atoms with Crippen LogP contribution in [0.2, 0.25) is 0 Å². The minimum atomic E-state index is -0.0981. The number of esters is 1. The molecule has 2 fully saturated rings.